The van der Waals surface area contributed by atoms with Gasteiger partial charge in [0, 0.05) is 0 Å². The molecule has 0 heterocycles. The van der Waals surface area contributed by atoms with Crippen LogP contribution < -0.4 is 4.74 Å². The molecule has 0 aliphatic carbocycles. The van der Waals surface area contributed by atoms with Crippen molar-refractivity contribution in [2.24, 2.45) is 0 Å². The third-order valence-corrected chi connectivity index (χ3v) is 2.73. The zero-order chi connectivity index (χ0) is 16.4. The lowest BCUT2D eigenvalue weighted by atomic mass is 10.1. The van der Waals surface area contributed by atoms with Gasteiger partial charge in [0.1, 0.15) is 5.75 Å². The van der Waals surface area contributed by atoms with Gasteiger partial charge in [0.2, 0.25) is 0 Å². The Bertz CT molecular complexity index is 532. The maximum atomic E-state index is 9.75. The zero-order valence-electron chi connectivity index (χ0n) is 13.8. The van der Waals surface area contributed by atoms with Gasteiger partial charge in [-0.2, -0.15) is 13.5 Å². The van der Waals surface area contributed by atoms with Crippen LogP contribution in [-0.4, -0.2) is 13.9 Å². The van der Waals surface area contributed by atoms with E-state index >= 15 is 0 Å². The van der Waals surface area contributed by atoms with E-state index in [4.69, 9.17) is 4.74 Å². The Morgan fingerprint density at radius 2 is 1.35 bits per heavy atom. The molecule has 0 radical (unpaired) electrons. The molecule has 7 heteroatoms. The van der Waals surface area contributed by atoms with Crippen LogP contribution in [0.5, 0.6) is 5.75 Å². The predicted molar refractivity (Wildman–Crippen MR) is 94.0 cm³/mol. The minimum Gasteiger partial charge on any atom is -0.494 e. The summed E-state index contributed by atoms with van der Waals surface area (Å²) in [7, 11) is -6.00. The van der Waals surface area contributed by atoms with Crippen LogP contribution in [0.25, 0.3) is 11.1 Å². The molecule has 0 N–H and O–H groups in total. The first-order valence-electron chi connectivity index (χ1n) is 7.05. The van der Waals surface area contributed by atoms with Gasteiger partial charge in [0.25, 0.3) is 0 Å². The number of hydrogen-bond donors (Lipinski definition) is 0. The number of unbranched alkanes of at least 4 members (excludes halogenated alkanes) is 1. The SMILES string of the molecule is CCCCOc1ccc(-c2ccccc2)cc1.F[B-](F)(F)F.S.[H+]. The maximum absolute atomic E-state index is 9.75. The molecule has 2 aromatic rings. The average molecular weight is 348 g/mol. The van der Waals surface area contributed by atoms with Gasteiger partial charge in [-0.3, -0.25) is 0 Å². The monoisotopic (exact) mass is 348 g/mol. The second-order valence-corrected chi connectivity index (χ2v) is 4.59. The highest BCUT2D eigenvalue weighted by atomic mass is 32.1. The molecule has 23 heavy (non-hydrogen) atoms. The van der Waals surface area contributed by atoms with E-state index < -0.39 is 7.25 Å². The minimum absolute atomic E-state index is 0. The molecule has 0 fully saturated rings. The molecule has 0 aliphatic rings. The Balaban J connectivity index is 0. The standard InChI is InChI=1S/C16H18O.BF4.H2S/c1-2-3-13-17-16-11-9-15(10-12-16)14-7-5-4-6-8-14;2-1(3,4)5;/h4-12H,2-3,13H2,1H3;;1H2/q;-1;/p+1. The third kappa shape index (κ3) is 10.7. The van der Waals surface area contributed by atoms with E-state index in [1.54, 1.807) is 0 Å². The molecule has 2 aromatic carbocycles. The van der Waals surface area contributed by atoms with Gasteiger partial charge in [0.15, 0.2) is 0 Å². The molecule has 1 nitrogen and oxygen atoms in total. The highest BCUT2D eigenvalue weighted by Gasteiger charge is 2.20. The molecule has 0 atom stereocenters. The van der Waals surface area contributed by atoms with Crippen molar-refractivity contribution in [1.29, 1.82) is 0 Å². The van der Waals surface area contributed by atoms with E-state index in [9.17, 15) is 17.3 Å². The summed E-state index contributed by atoms with van der Waals surface area (Å²) < 4.78 is 44.6. The molecule has 0 spiro atoms. The van der Waals surface area contributed by atoms with Crippen molar-refractivity contribution in [2.75, 3.05) is 6.61 Å². The Labute approximate surface area is 142 Å². The topological polar surface area (TPSA) is 9.23 Å². The molecule has 0 saturated carbocycles. The first kappa shape index (κ1) is 21.4. The fourth-order valence-corrected chi connectivity index (χ4v) is 1.71. The lowest BCUT2D eigenvalue weighted by Crippen LogP contribution is -2.02. The highest BCUT2D eigenvalue weighted by molar-refractivity contribution is 7.59. The Morgan fingerprint density at radius 3 is 1.83 bits per heavy atom. The molecule has 128 valence electrons. The van der Waals surface area contributed by atoms with Crippen LogP contribution in [0.4, 0.5) is 17.3 Å². The van der Waals surface area contributed by atoms with Gasteiger partial charge in [-0.15, -0.1) is 0 Å². The largest absolute Gasteiger partial charge is 1.00 e. The summed E-state index contributed by atoms with van der Waals surface area (Å²) in [6, 6.07) is 18.7. The molecule has 0 bridgehead atoms. The van der Waals surface area contributed by atoms with Gasteiger partial charge < -0.3 is 22.0 Å². The second-order valence-electron chi connectivity index (χ2n) is 4.59. The first-order chi connectivity index (χ1) is 10.4. The number of ether oxygens (including phenoxy) is 1. The molecule has 2 rings (SSSR count). The van der Waals surface area contributed by atoms with Gasteiger partial charge in [-0.05, 0) is 29.7 Å². The van der Waals surface area contributed by atoms with Gasteiger partial charge >= 0.3 is 8.68 Å². The van der Waals surface area contributed by atoms with Gasteiger partial charge in [-0.1, -0.05) is 55.8 Å². The number of halogens is 4. The maximum Gasteiger partial charge on any atom is 1.00 e. The van der Waals surface area contributed by atoms with E-state index in [1.165, 1.54) is 17.5 Å². The van der Waals surface area contributed by atoms with Crippen LogP contribution >= 0.6 is 13.5 Å². The molecular formula is C16H21BF4OS. The number of benzene rings is 2. The quantitative estimate of drug-likeness (QED) is 0.363. The summed E-state index contributed by atoms with van der Waals surface area (Å²) in [5.41, 5.74) is 2.47. The number of rotatable bonds is 5. The minimum atomic E-state index is -6.00. The Morgan fingerprint density at radius 1 is 0.870 bits per heavy atom. The van der Waals surface area contributed by atoms with Crippen molar-refractivity contribution in [3.63, 3.8) is 0 Å². The van der Waals surface area contributed by atoms with Gasteiger partial charge in [-0.25, -0.2) is 0 Å². The van der Waals surface area contributed by atoms with Crippen molar-refractivity contribution in [3.05, 3.63) is 54.6 Å². The fraction of sp³-hybridized carbons (Fsp3) is 0.250. The highest BCUT2D eigenvalue weighted by Crippen LogP contribution is 2.22. The van der Waals surface area contributed by atoms with Crippen LogP contribution in [0, 0.1) is 0 Å². The van der Waals surface area contributed by atoms with Crippen molar-refractivity contribution in [3.8, 4) is 16.9 Å². The molecule has 0 aliphatic heterocycles. The summed E-state index contributed by atoms with van der Waals surface area (Å²) in [4.78, 5) is 0. The summed E-state index contributed by atoms with van der Waals surface area (Å²) in [5.74, 6) is 0.957. The number of hydrogen-bond acceptors (Lipinski definition) is 1. The van der Waals surface area contributed by atoms with Crippen molar-refractivity contribution in [1.82, 2.24) is 0 Å². The van der Waals surface area contributed by atoms with E-state index in [0.29, 0.717) is 0 Å². The molecule has 0 unspecified atom stereocenters. The summed E-state index contributed by atoms with van der Waals surface area (Å²) in [5, 5.41) is 0. The van der Waals surface area contributed by atoms with Crippen molar-refractivity contribution < 1.29 is 23.4 Å². The van der Waals surface area contributed by atoms with Gasteiger partial charge in [0.05, 0.1) is 6.61 Å². The smallest absolute Gasteiger partial charge is 0.494 e. The average Bonchev–Trinajstić information content (AvgIpc) is 2.47. The molecule has 0 saturated heterocycles. The molecule has 0 amide bonds. The molecule has 0 aromatic heterocycles. The van der Waals surface area contributed by atoms with Crippen LogP contribution in [-0.2, 0) is 0 Å². The van der Waals surface area contributed by atoms with E-state index in [-0.39, 0.29) is 14.9 Å². The second kappa shape index (κ2) is 11.0. The van der Waals surface area contributed by atoms with Crippen LogP contribution in [0.1, 0.15) is 21.2 Å². The summed E-state index contributed by atoms with van der Waals surface area (Å²) in [6.07, 6.45) is 2.28. The normalized spacial score (nSPS) is 10.1. The van der Waals surface area contributed by atoms with E-state index in [0.717, 1.165) is 18.8 Å². The lowest BCUT2D eigenvalue weighted by Gasteiger charge is -2.06. The van der Waals surface area contributed by atoms with Crippen molar-refractivity contribution in [2.45, 2.75) is 19.8 Å². The third-order valence-electron chi connectivity index (χ3n) is 2.73. The van der Waals surface area contributed by atoms with Crippen LogP contribution in [0.15, 0.2) is 54.6 Å². The van der Waals surface area contributed by atoms with E-state index in [2.05, 4.69) is 43.3 Å². The lowest BCUT2D eigenvalue weighted by molar-refractivity contribution is 0.309. The Hall–Kier alpha value is -1.63. The zero-order valence-corrected chi connectivity index (χ0v) is 13.8. The van der Waals surface area contributed by atoms with Crippen LogP contribution in [0.3, 0.4) is 0 Å². The fourth-order valence-electron chi connectivity index (χ4n) is 1.71. The van der Waals surface area contributed by atoms with Crippen molar-refractivity contribution >= 4 is 20.8 Å². The predicted octanol–water partition coefficient (Wildman–Crippen LogP) is 6.06. The summed E-state index contributed by atoms with van der Waals surface area (Å²) in [6.45, 7) is 2.98. The Kier molecular flexibility index (Phi) is 10.2. The first-order valence-corrected chi connectivity index (χ1v) is 7.05. The van der Waals surface area contributed by atoms with E-state index in [1.807, 2.05) is 18.2 Å². The summed E-state index contributed by atoms with van der Waals surface area (Å²) >= 11 is 0. The molecular weight excluding hydrogens is 327 g/mol. The van der Waals surface area contributed by atoms with Crippen LogP contribution in [0.2, 0.25) is 0 Å².